The minimum Gasteiger partial charge on any atom is -0.508 e. The van der Waals surface area contributed by atoms with Crippen molar-refractivity contribution in [3.05, 3.63) is 65.9 Å². The van der Waals surface area contributed by atoms with Gasteiger partial charge in [-0.15, -0.1) is 0 Å². The van der Waals surface area contributed by atoms with E-state index in [1.54, 1.807) is 13.2 Å². The minimum atomic E-state index is -0.828. The van der Waals surface area contributed by atoms with Gasteiger partial charge >= 0.3 is 5.97 Å². The zero-order valence-corrected chi connectivity index (χ0v) is 14.8. The quantitative estimate of drug-likeness (QED) is 0.699. The van der Waals surface area contributed by atoms with Gasteiger partial charge < -0.3 is 19.5 Å². The zero-order valence-electron chi connectivity index (χ0n) is 14.8. The molecule has 0 amide bonds. The van der Waals surface area contributed by atoms with Crippen LogP contribution in [0.3, 0.4) is 0 Å². The number of carboxylic acids is 1. The van der Waals surface area contributed by atoms with Crippen molar-refractivity contribution >= 4 is 5.97 Å². The molecule has 5 heteroatoms. The van der Waals surface area contributed by atoms with Gasteiger partial charge in [-0.2, -0.15) is 0 Å². The molecule has 0 aliphatic rings. The molecule has 134 valence electrons. The van der Waals surface area contributed by atoms with Crippen molar-refractivity contribution in [2.75, 3.05) is 7.11 Å². The second kappa shape index (κ2) is 7.35. The summed E-state index contributed by atoms with van der Waals surface area (Å²) in [5.74, 6) is 0.183. The van der Waals surface area contributed by atoms with Gasteiger partial charge in [0.1, 0.15) is 11.5 Å². The Bertz CT molecular complexity index is 926. The fourth-order valence-electron chi connectivity index (χ4n) is 2.98. The van der Waals surface area contributed by atoms with E-state index >= 15 is 0 Å². The fourth-order valence-corrected chi connectivity index (χ4v) is 2.98. The van der Waals surface area contributed by atoms with Crippen molar-refractivity contribution in [3.8, 4) is 28.4 Å². The summed E-state index contributed by atoms with van der Waals surface area (Å²) < 4.78 is 7.26. The summed E-state index contributed by atoms with van der Waals surface area (Å²) in [6.45, 7) is 1.84. The maximum absolute atomic E-state index is 11.0. The number of aliphatic carboxylic acids is 1. The molecule has 0 fully saturated rings. The van der Waals surface area contributed by atoms with Crippen LogP contribution < -0.4 is 4.74 Å². The summed E-state index contributed by atoms with van der Waals surface area (Å²) in [7, 11) is 1.63. The molecule has 1 heterocycles. The van der Waals surface area contributed by atoms with E-state index < -0.39 is 5.97 Å². The lowest BCUT2D eigenvalue weighted by Crippen LogP contribution is -2.05. The Hall–Kier alpha value is -3.21. The van der Waals surface area contributed by atoms with E-state index in [9.17, 15) is 9.90 Å². The highest BCUT2D eigenvalue weighted by Crippen LogP contribution is 2.30. The molecular formula is C21H21NO4. The van der Waals surface area contributed by atoms with Gasteiger partial charge in [0.25, 0.3) is 0 Å². The number of phenols is 1. The van der Waals surface area contributed by atoms with Crippen molar-refractivity contribution in [1.82, 2.24) is 4.57 Å². The molecule has 2 N–H and O–H groups in total. The Morgan fingerprint density at radius 2 is 1.81 bits per heavy atom. The van der Waals surface area contributed by atoms with Gasteiger partial charge in [-0.1, -0.05) is 0 Å². The predicted molar refractivity (Wildman–Crippen MR) is 100 cm³/mol. The first-order chi connectivity index (χ1) is 12.5. The van der Waals surface area contributed by atoms with Crippen molar-refractivity contribution in [2.24, 2.45) is 0 Å². The summed E-state index contributed by atoms with van der Waals surface area (Å²) in [5.41, 5.74) is 4.51. The number of nitrogens with zero attached hydrogens (tertiary/aromatic N) is 1. The molecule has 0 bridgehead atoms. The number of aryl methyl sites for hydroxylation is 2. The number of benzene rings is 2. The Morgan fingerprint density at radius 3 is 2.42 bits per heavy atom. The molecule has 5 nitrogen and oxygen atoms in total. The van der Waals surface area contributed by atoms with Crippen LogP contribution in [0.25, 0.3) is 16.9 Å². The third kappa shape index (κ3) is 3.57. The molecule has 2 aromatic carbocycles. The third-order valence-corrected chi connectivity index (χ3v) is 4.38. The second-order valence-corrected chi connectivity index (χ2v) is 6.14. The molecule has 0 atom stereocenters. The smallest absolute Gasteiger partial charge is 0.303 e. The lowest BCUT2D eigenvalue weighted by molar-refractivity contribution is -0.136. The first-order valence-electron chi connectivity index (χ1n) is 8.36. The first-order valence-corrected chi connectivity index (χ1v) is 8.36. The molecule has 0 aliphatic heterocycles. The number of aromatic hydroxyl groups is 1. The second-order valence-electron chi connectivity index (χ2n) is 6.14. The zero-order chi connectivity index (χ0) is 18.7. The first kappa shape index (κ1) is 17.6. The Morgan fingerprint density at radius 1 is 1.08 bits per heavy atom. The molecular weight excluding hydrogens is 330 g/mol. The number of rotatable bonds is 6. The maximum atomic E-state index is 11.0. The summed E-state index contributed by atoms with van der Waals surface area (Å²) in [6, 6.07) is 17.1. The molecule has 0 saturated heterocycles. The van der Waals surface area contributed by atoms with E-state index in [-0.39, 0.29) is 12.2 Å². The molecule has 3 aromatic rings. The molecule has 1 aromatic heterocycles. The van der Waals surface area contributed by atoms with Crippen LogP contribution in [0.5, 0.6) is 11.5 Å². The number of carboxylic acid groups (broad SMARTS) is 1. The largest absolute Gasteiger partial charge is 0.508 e. The highest BCUT2D eigenvalue weighted by molar-refractivity contribution is 5.68. The molecule has 26 heavy (non-hydrogen) atoms. The van der Waals surface area contributed by atoms with Crippen LogP contribution in [0, 0.1) is 6.92 Å². The number of ether oxygens (including phenoxy) is 1. The van der Waals surface area contributed by atoms with Crippen LogP contribution in [0.1, 0.15) is 17.7 Å². The standard InChI is InChI=1S/C21H21NO4/c1-14-13-17(6-11-20(14)23)22-16(7-12-21(24)25)5-10-19(22)15-3-8-18(26-2)9-4-15/h3-6,8-11,13,23H,7,12H2,1-2H3,(H,24,25). The topological polar surface area (TPSA) is 71.7 Å². The van der Waals surface area contributed by atoms with Crippen molar-refractivity contribution < 1.29 is 19.7 Å². The van der Waals surface area contributed by atoms with E-state index in [4.69, 9.17) is 9.84 Å². The number of carbonyl (C=O) groups is 1. The fraction of sp³-hybridized carbons (Fsp3) is 0.190. The average Bonchev–Trinajstić information content (AvgIpc) is 3.06. The van der Waals surface area contributed by atoms with Gasteiger partial charge in [0.15, 0.2) is 0 Å². The minimum absolute atomic E-state index is 0.0587. The van der Waals surface area contributed by atoms with Gasteiger partial charge in [0.2, 0.25) is 0 Å². The molecule has 0 aliphatic carbocycles. The molecule has 3 rings (SSSR count). The van der Waals surface area contributed by atoms with E-state index in [2.05, 4.69) is 0 Å². The van der Waals surface area contributed by atoms with E-state index in [0.29, 0.717) is 6.42 Å². The van der Waals surface area contributed by atoms with Crippen molar-refractivity contribution in [3.63, 3.8) is 0 Å². The van der Waals surface area contributed by atoms with E-state index in [1.807, 2.05) is 60.0 Å². The SMILES string of the molecule is COc1ccc(-c2ccc(CCC(=O)O)n2-c2ccc(O)c(C)c2)cc1. The van der Waals surface area contributed by atoms with Crippen molar-refractivity contribution in [2.45, 2.75) is 19.8 Å². The normalized spacial score (nSPS) is 10.7. The molecule has 0 saturated carbocycles. The monoisotopic (exact) mass is 351 g/mol. The third-order valence-electron chi connectivity index (χ3n) is 4.38. The number of hydrogen-bond acceptors (Lipinski definition) is 3. The van der Waals surface area contributed by atoms with E-state index in [1.165, 1.54) is 0 Å². The van der Waals surface area contributed by atoms with Gasteiger partial charge in [-0.05, 0) is 79.1 Å². The molecule has 0 radical (unpaired) electrons. The lowest BCUT2D eigenvalue weighted by atomic mass is 10.1. The highest BCUT2D eigenvalue weighted by Gasteiger charge is 2.14. The Kier molecular flexibility index (Phi) is 4.98. The lowest BCUT2D eigenvalue weighted by Gasteiger charge is -2.15. The molecule has 0 unspecified atom stereocenters. The van der Waals surface area contributed by atoms with Crippen LogP contribution in [-0.2, 0) is 11.2 Å². The van der Waals surface area contributed by atoms with Crippen LogP contribution >= 0.6 is 0 Å². The average molecular weight is 351 g/mol. The van der Waals surface area contributed by atoms with E-state index in [0.717, 1.165) is 34.0 Å². The number of methoxy groups -OCH3 is 1. The highest BCUT2D eigenvalue weighted by atomic mass is 16.5. The van der Waals surface area contributed by atoms with Crippen LogP contribution in [0.2, 0.25) is 0 Å². The Labute approximate surface area is 152 Å². The number of aromatic nitrogens is 1. The summed E-state index contributed by atoms with van der Waals surface area (Å²) in [4.78, 5) is 11.0. The van der Waals surface area contributed by atoms with Gasteiger partial charge in [-0.25, -0.2) is 0 Å². The van der Waals surface area contributed by atoms with Crippen LogP contribution in [-0.4, -0.2) is 27.9 Å². The summed E-state index contributed by atoms with van der Waals surface area (Å²) in [6.07, 6.45) is 0.481. The van der Waals surface area contributed by atoms with Crippen molar-refractivity contribution in [1.29, 1.82) is 0 Å². The number of phenolic OH excluding ortho intramolecular Hbond substituents is 1. The molecule has 0 spiro atoms. The number of hydrogen-bond donors (Lipinski definition) is 2. The van der Waals surface area contributed by atoms with Crippen LogP contribution in [0.4, 0.5) is 0 Å². The summed E-state index contributed by atoms with van der Waals surface area (Å²) >= 11 is 0. The predicted octanol–water partition coefficient (Wildman–Crippen LogP) is 4.18. The Balaban J connectivity index is 2.11. The van der Waals surface area contributed by atoms with Gasteiger partial charge in [0.05, 0.1) is 19.2 Å². The maximum Gasteiger partial charge on any atom is 0.303 e. The summed E-state index contributed by atoms with van der Waals surface area (Å²) in [5, 5.41) is 18.9. The van der Waals surface area contributed by atoms with Crippen LogP contribution in [0.15, 0.2) is 54.6 Å². The van der Waals surface area contributed by atoms with Gasteiger partial charge in [-0.3, -0.25) is 4.79 Å². The van der Waals surface area contributed by atoms with Gasteiger partial charge in [0, 0.05) is 11.4 Å².